The van der Waals surface area contributed by atoms with E-state index in [9.17, 15) is 14.7 Å². The first-order valence-corrected chi connectivity index (χ1v) is 11.7. The molecule has 2 aromatic rings. The lowest BCUT2D eigenvalue weighted by molar-refractivity contribution is -0.163. The number of rotatable bonds is 11. The zero-order chi connectivity index (χ0) is 24.7. The maximum absolute atomic E-state index is 12.8. The highest BCUT2D eigenvalue weighted by atomic mass is 127. The monoisotopic (exact) mass is 581 g/mol. The van der Waals surface area contributed by atoms with Crippen molar-refractivity contribution in [3.05, 3.63) is 57.2 Å². The average molecular weight is 581 g/mol. The van der Waals surface area contributed by atoms with Gasteiger partial charge in [-0.1, -0.05) is 18.2 Å². The Hall–Kier alpha value is -3.06. The summed E-state index contributed by atoms with van der Waals surface area (Å²) in [6.07, 6.45) is 0.432. The summed E-state index contributed by atoms with van der Waals surface area (Å²) in [7, 11) is 0. The third-order valence-corrected chi connectivity index (χ3v) is 6.11. The summed E-state index contributed by atoms with van der Waals surface area (Å²) in [5.41, 5.74) is 10.7. The molecule has 0 unspecified atom stereocenters. The maximum atomic E-state index is 12.8. The summed E-state index contributed by atoms with van der Waals surface area (Å²) in [6, 6.07) is 13.0. The molecular weight excluding hydrogens is 553 g/mol. The van der Waals surface area contributed by atoms with E-state index in [1.165, 1.54) is 11.8 Å². The molecule has 0 saturated heterocycles. The fourth-order valence-electron chi connectivity index (χ4n) is 3.79. The highest BCUT2D eigenvalue weighted by Gasteiger charge is 2.45. The number of carboxylic acids is 1. The van der Waals surface area contributed by atoms with Gasteiger partial charge in [-0.25, -0.2) is 4.79 Å². The molecule has 0 saturated carbocycles. The average Bonchev–Trinajstić information content (AvgIpc) is 3.25. The third-order valence-electron chi connectivity index (χ3n) is 5.44. The van der Waals surface area contributed by atoms with E-state index in [1.54, 1.807) is 18.2 Å². The number of carbonyl (C=O) groups is 2. The standard InChI is InChI=1S/C23H28IN5O5/c1-15(30)29(13-17-6-7-19-20(11-17)34-14-33-19)23(21(31)32,8-3-9-27-22(25)26)28-12-16-4-2-5-18(24)10-16/h2,4-7,10-11,28H,3,8-9,12-14H2,1H3,(H,31,32)(H4,25,26,27)/t23-/m0/s1. The van der Waals surface area contributed by atoms with E-state index in [0.717, 1.165) is 9.13 Å². The van der Waals surface area contributed by atoms with Crippen LogP contribution in [0.3, 0.4) is 0 Å². The van der Waals surface area contributed by atoms with E-state index in [-0.39, 0.29) is 38.8 Å². The number of nitrogens with zero attached hydrogens (tertiary/aromatic N) is 2. The zero-order valence-electron chi connectivity index (χ0n) is 18.8. The second-order valence-corrected chi connectivity index (χ2v) is 9.10. The van der Waals surface area contributed by atoms with Crippen LogP contribution in [0.2, 0.25) is 0 Å². The fraction of sp³-hybridized carbons (Fsp3) is 0.348. The van der Waals surface area contributed by atoms with Crippen molar-refractivity contribution >= 4 is 40.4 Å². The summed E-state index contributed by atoms with van der Waals surface area (Å²) in [4.78, 5) is 30.9. The van der Waals surface area contributed by atoms with Crippen molar-refractivity contribution in [3.8, 4) is 11.5 Å². The zero-order valence-corrected chi connectivity index (χ0v) is 20.9. The molecule has 6 N–H and O–H groups in total. The van der Waals surface area contributed by atoms with Gasteiger partial charge in [0.2, 0.25) is 12.7 Å². The number of fused-ring (bicyclic) bond motifs is 1. The molecule has 1 aliphatic heterocycles. The number of carboxylic acid groups (broad SMARTS) is 1. The third kappa shape index (κ3) is 6.29. The summed E-state index contributed by atoms with van der Waals surface area (Å²) in [5, 5.41) is 13.6. The summed E-state index contributed by atoms with van der Waals surface area (Å²) in [6.45, 7) is 2.01. The number of hydrogen-bond acceptors (Lipinski definition) is 6. The Morgan fingerprint density at radius 1 is 1.18 bits per heavy atom. The number of benzene rings is 2. The molecule has 3 rings (SSSR count). The number of guanidine groups is 1. The van der Waals surface area contributed by atoms with Crippen LogP contribution in [0.4, 0.5) is 0 Å². The highest BCUT2D eigenvalue weighted by molar-refractivity contribution is 14.1. The lowest BCUT2D eigenvalue weighted by Crippen LogP contribution is -2.64. The van der Waals surface area contributed by atoms with Crippen molar-refractivity contribution in [2.45, 2.75) is 38.5 Å². The van der Waals surface area contributed by atoms with Crippen molar-refractivity contribution in [1.82, 2.24) is 10.2 Å². The van der Waals surface area contributed by atoms with Crippen LogP contribution >= 0.6 is 22.6 Å². The first-order chi connectivity index (χ1) is 16.2. The number of halogens is 1. The van der Waals surface area contributed by atoms with Gasteiger partial charge >= 0.3 is 5.97 Å². The Balaban J connectivity index is 1.93. The van der Waals surface area contributed by atoms with Crippen LogP contribution in [0, 0.1) is 3.57 Å². The molecule has 0 aromatic heterocycles. The van der Waals surface area contributed by atoms with Crippen LogP contribution in [0.1, 0.15) is 30.9 Å². The van der Waals surface area contributed by atoms with Gasteiger partial charge in [-0.05, 0) is 70.8 Å². The van der Waals surface area contributed by atoms with Crippen molar-refractivity contribution in [1.29, 1.82) is 0 Å². The van der Waals surface area contributed by atoms with Gasteiger partial charge < -0.3 is 30.9 Å². The number of aliphatic carboxylic acids is 1. The molecule has 34 heavy (non-hydrogen) atoms. The predicted molar refractivity (Wildman–Crippen MR) is 135 cm³/mol. The van der Waals surface area contributed by atoms with Crippen LogP contribution in [-0.2, 0) is 22.7 Å². The van der Waals surface area contributed by atoms with Gasteiger partial charge in [0.1, 0.15) is 0 Å². The van der Waals surface area contributed by atoms with E-state index in [4.69, 9.17) is 20.9 Å². The normalized spacial score (nSPS) is 13.7. The quantitative estimate of drug-likeness (QED) is 0.103. The summed E-state index contributed by atoms with van der Waals surface area (Å²) in [5.74, 6) is -0.467. The Morgan fingerprint density at radius 2 is 1.94 bits per heavy atom. The smallest absolute Gasteiger partial charge is 0.344 e. The molecule has 11 heteroatoms. The minimum Gasteiger partial charge on any atom is -0.478 e. The van der Waals surface area contributed by atoms with Crippen molar-refractivity contribution in [2.75, 3.05) is 13.3 Å². The number of nitrogens with two attached hydrogens (primary N) is 2. The van der Waals surface area contributed by atoms with Crippen molar-refractivity contribution < 1.29 is 24.2 Å². The molecule has 2 aromatic carbocycles. The molecular formula is C23H28IN5O5. The Bertz CT molecular complexity index is 1080. The van der Waals surface area contributed by atoms with Gasteiger partial charge in [-0.3, -0.25) is 15.1 Å². The number of amides is 1. The van der Waals surface area contributed by atoms with Gasteiger partial charge in [0.05, 0.1) is 0 Å². The van der Waals surface area contributed by atoms with Gasteiger partial charge in [-0.2, -0.15) is 0 Å². The predicted octanol–water partition coefficient (Wildman–Crippen LogP) is 1.99. The van der Waals surface area contributed by atoms with Gasteiger partial charge in [0.25, 0.3) is 0 Å². The number of aliphatic imine (C=N–C) groups is 1. The van der Waals surface area contributed by atoms with Crippen LogP contribution in [0.5, 0.6) is 11.5 Å². The Labute approximate surface area is 211 Å². The number of carbonyl (C=O) groups excluding carboxylic acids is 1. The minimum atomic E-state index is -1.69. The van der Waals surface area contributed by atoms with Crippen LogP contribution in [-0.4, -0.2) is 46.8 Å². The first kappa shape index (κ1) is 25.6. The first-order valence-electron chi connectivity index (χ1n) is 10.7. The Kier molecular flexibility index (Phi) is 8.56. The summed E-state index contributed by atoms with van der Waals surface area (Å²) < 4.78 is 11.8. The number of ether oxygens (including phenoxy) is 2. The van der Waals surface area contributed by atoms with E-state index in [2.05, 4.69) is 32.9 Å². The number of nitrogens with one attached hydrogen (secondary N) is 1. The lowest BCUT2D eigenvalue weighted by Gasteiger charge is -2.41. The van der Waals surface area contributed by atoms with Gasteiger partial charge in [0, 0.05) is 30.1 Å². The van der Waals surface area contributed by atoms with Crippen LogP contribution < -0.4 is 26.3 Å². The second kappa shape index (κ2) is 11.4. The van der Waals surface area contributed by atoms with Crippen molar-refractivity contribution in [2.24, 2.45) is 16.5 Å². The summed E-state index contributed by atoms with van der Waals surface area (Å²) >= 11 is 2.20. The molecule has 0 aliphatic carbocycles. The minimum absolute atomic E-state index is 0.0554. The van der Waals surface area contributed by atoms with Gasteiger partial charge in [-0.15, -0.1) is 0 Å². The highest BCUT2D eigenvalue weighted by Crippen LogP contribution is 2.34. The van der Waals surface area contributed by atoms with E-state index < -0.39 is 17.5 Å². The largest absolute Gasteiger partial charge is 0.478 e. The second-order valence-electron chi connectivity index (χ2n) is 7.85. The molecule has 0 radical (unpaired) electrons. The molecule has 0 bridgehead atoms. The van der Waals surface area contributed by atoms with E-state index in [1.807, 2.05) is 24.3 Å². The van der Waals surface area contributed by atoms with E-state index >= 15 is 0 Å². The van der Waals surface area contributed by atoms with Gasteiger partial charge in [0.15, 0.2) is 23.1 Å². The molecule has 1 amide bonds. The van der Waals surface area contributed by atoms with Crippen LogP contribution in [0.15, 0.2) is 47.5 Å². The molecule has 0 fully saturated rings. The molecule has 10 nitrogen and oxygen atoms in total. The SMILES string of the molecule is CC(=O)N(Cc1ccc2c(c1)OCO2)[C@](CCCN=C(N)N)(NCc1cccc(I)c1)C(=O)O. The molecule has 0 spiro atoms. The van der Waals surface area contributed by atoms with Crippen molar-refractivity contribution in [3.63, 3.8) is 0 Å². The van der Waals surface area contributed by atoms with E-state index in [0.29, 0.717) is 23.5 Å². The lowest BCUT2D eigenvalue weighted by atomic mass is 9.98. The Morgan fingerprint density at radius 3 is 2.62 bits per heavy atom. The molecule has 1 heterocycles. The van der Waals surface area contributed by atoms with Crippen LogP contribution in [0.25, 0.3) is 0 Å². The molecule has 1 aliphatic rings. The maximum Gasteiger partial charge on any atom is 0.344 e. The number of hydrogen-bond donors (Lipinski definition) is 4. The molecule has 182 valence electrons. The fourth-order valence-corrected chi connectivity index (χ4v) is 4.40. The molecule has 1 atom stereocenters. The topological polar surface area (TPSA) is 152 Å².